The zero-order chi connectivity index (χ0) is 15.9. The molecule has 0 unspecified atom stereocenters. The Bertz CT molecular complexity index is 494. The van der Waals surface area contributed by atoms with Crippen LogP contribution in [0.3, 0.4) is 0 Å². The Kier molecular flexibility index (Phi) is 6.10. The fourth-order valence-corrected chi connectivity index (χ4v) is 2.67. The van der Waals surface area contributed by atoms with E-state index in [1.165, 1.54) is 0 Å². The van der Waals surface area contributed by atoms with Gasteiger partial charge in [-0.05, 0) is 49.3 Å². The molecular weight excluding hydrogens is 276 g/mol. The lowest BCUT2D eigenvalue weighted by Crippen LogP contribution is -2.27. The maximum atomic E-state index is 12.0. The van der Waals surface area contributed by atoms with Crippen LogP contribution in [-0.4, -0.2) is 30.5 Å². The molecule has 0 saturated carbocycles. The molecule has 0 spiro atoms. The normalized spacial score (nSPS) is 14.6. The van der Waals surface area contributed by atoms with Crippen molar-refractivity contribution in [3.8, 4) is 5.75 Å². The lowest BCUT2D eigenvalue weighted by molar-refractivity contribution is -0.130. The molecule has 0 aliphatic carbocycles. The van der Waals surface area contributed by atoms with Gasteiger partial charge in [-0.25, -0.2) is 0 Å². The standard InChI is InChI=1S/C18H28N2O2/c1-14(2)9-12-22-17-7-5-15(13-16(17)19)6-8-18(21)20-10-3-4-11-20/h5,7,13-14H,3-4,6,8-12,19H2,1-2H3. The molecular formula is C18H28N2O2. The van der Waals surface area contributed by atoms with Crippen LogP contribution in [0.1, 0.15) is 45.1 Å². The molecule has 0 bridgehead atoms. The average molecular weight is 304 g/mol. The van der Waals surface area contributed by atoms with Gasteiger partial charge in [-0.1, -0.05) is 19.9 Å². The number of amides is 1. The summed E-state index contributed by atoms with van der Waals surface area (Å²) < 4.78 is 5.71. The van der Waals surface area contributed by atoms with Crippen molar-refractivity contribution in [2.75, 3.05) is 25.4 Å². The Morgan fingerprint density at radius 1 is 1.32 bits per heavy atom. The largest absolute Gasteiger partial charge is 0.491 e. The predicted molar refractivity (Wildman–Crippen MR) is 89.9 cm³/mol. The first kappa shape index (κ1) is 16.7. The number of nitrogens with zero attached hydrogens (tertiary/aromatic N) is 1. The van der Waals surface area contributed by atoms with Gasteiger partial charge in [0.2, 0.25) is 5.91 Å². The van der Waals surface area contributed by atoms with Crippen molar-refractivity contribution in [3.05, 3.63) is 23.8 Å². The molecule has 1 aliphatic heterocycles. The highest BCUT2D eigenvalue weighted by Gasteiger charge is 2.17. The van der Waals surface area contributed by atoms with Gasteiger partial charge >= 0.3 is 0 Å². The highest BCUT2D eigenvalue weighted by atomic mass is 16.5. The summed E-state index contributed by atoms with van der Waals surface area (Å²) in [6.07, 6.45) is 4.60. The van der Waals surface area contributed by atoms with E-state index in [0.29, 0.717) is 24.6 Å². The molecule has 4 heteroatoms. The quantitative estimate of drug-likeness (QED) is 0.787. The van der Waals surface area contributed by atoms with Gasteiger partial charge in [-0.2, -0.15) is 0 Å². The van der Waals surface area contributed by atoms with Crippen molar-refractivity contribution in [2.24, 2.45) is 5.92 Å². The number of nitrogen functional groups attached to an aromatic ring is 1. The number of aryl methyl sites for hydroxylation is 1. The zero-order valence-corrected chi connectivity index (χ0v) is 13.8. The number of anilines is 1. The number of likely N-dealkylation sites (tertiary alicyclic amines) is 1. The summed E-state index contributed by atoms with van der Waals surface area (Å²) in [5.74, 6) is 1.63. The first-order valence-electron chi connectivity index (χ1n) is 8.35. The molecule has 1 amide bonds. The SMILES string of the molecule is CC(C)CCOc1ccc(CCC(=O)N2CCCC2)cc1N. The van der Waals surface area contributed by atoms with Crippen molar-refractivity contribution in [1.29, 1.82) is 0 Å². The minimum atomic E-state index is 0.258. The van der Waals surface area contributed by atoms with Gasteiger partial charge in [0, 0.05) is 19.5 Å². The Morgan fingerprint density at radius 2 is 2.05 bits per heavy atom. The molecule has 1 aromatic carbocycles. The molecule has 1 aromatic rings. The van der Waals surface area contributed by atoms with Gasteiger partial charge in [0.15, 0.2) is 0 Å². The number of carbonyl (C=O) groups excluding carboxylic acids is 1. The molecule has 1 aliphatic rings. The Hall–Kier alpha value is -1.71. The van der Waals surface area contributed by atoms with Crippen LogP contribution in [0.2, 0.25) is 0 Å². The van der Waals surface area contributed by atoms with Crippen LogP contribution in [0.15, 0.2) is 18.2 Å². The van der Waals surface area contributed by atoms with Gasteiger partial charge in [0.05, 0.1) is 12.3 Å². The average Bonchev–Trinajstić information content (AvgIpc) is 3.01. The summed E-state index contributed by atoms with van der Waals surface area (Å²) in [5, 5.41) is 0. The van der Waals surface area contributed by atoms with E-state index in [1.54, 1.807) is 0 Å². The van der Waals surface area contributed by atoms with Crippen molar-refractivity contribution >= 4 is 11.6 Å². The van der Waals surface area contributed by atoms with Crippen molar-refractivity contribution < 1.29 is 9.53 Å². The number of rotatable bonds is 7. The van der Waals surface area contributed by atoms with E-state index in [0.717, 1.165) is 50.1 Å². The van der Waals surface area contributed by atoms with Gasteiger partial charge in [0.1, 0.15) is 5.75 Å². The zero-order valence-electron chi connectivity index (χ0n) is 13.8. The van der Waals surface area contributed by atoms with Crippen LogP contribution >= 0.6 is 0 Å². The third-order valence-electron chi connectivity index (χ3n) is 4.11. The summed E-state index contributed by atoms with van der Waals surface area (Å²) in [6.45, 7) is 6.88. The molecule has 0 radical (unpaired) electrons. The Balaban J connectivity index is 1.82. The number of benzene rings is 1. The minimum absolute atomic E-state index is 0.258. The van der Waals surface area contributed by atoms with Gasteiger partial charge < -0.3 is 15.4 Å². The highest BCUT2D eigenvalue weighted by Crippen LogP contribution is 2.24. The van der Waals surface area contributed by atoms with E-state index in [4.69, 9.17) is 10.5 Å². The molecule has 1 fully saturated rings. The third kappa shape index (κ3) is 4.93. The second-order valence-electron chi connectivity index (χ2n) is 6.49. The molecule has 4 nitrogen and oxygen atoms in total. The van der Waals surface area contributed by atoms with Crippen LogP contribution in [0, 0.1) is 5.92 Å². The lowest BCUT2D eigenvalue weighted by atomic mass is 10.1. The van der Waals surface area contributed by atoms with Gasteiger partial charge in [-0.15, -0.1) is 0 Å². The van der Waals surface area contributed by atoms with Crippen molar-refractivity contribution in [2.45, 2.75) is 46.0 Å². The van der Waals surface area contributed by atoms with E-state index in [2.05, 4.69) is 13.8 Å². The van der Waals surface area contributed by atoms with E-state index < -0.39 is 0 Å². The topological polar surface area (TPSA) is 55.6 Å². The molecule has 2 rings (SSSR count). The fourth-order valence-electron chi connectivity index (χ4n) is 2.67. The molecule has 0 atom stereocenters. The van der Waals surface area contributed by atoms with Crippen molar-refractivity contribution in [3.63, 3.8) is 0 Å². The summed E-state index contributed by atoms with van der Waals surface area (Å²) in [4.78, 5) is 14.0. The number of hydrogen-bond acceptors (Lipinski definition) is 3. The van der Waals surface area contributed by atoms with Crippen LogP contribution in [0.5, 0.6) is 5.75 Å². The van der Waals surface area contributed by atoms with Crippen LogP contribution in [0.25, 0.3) is 0 Å². The van der Waals surface area contributed by atoms with E-state index in [9.17, 15) is 4.79 Å². The van der Waals surface area contributed by atoms with E-state index >= 15 is 0 Å². The van der Waals surface area contributed by atoms with E-state index in [1.807, 2.05) is 23.1 Å². The predicted octanol–water partition coefficient (Wildman–Crippen LogP) is 3.25. The highest BCUT2D eigenvalue weighted by molar-refractivity contribution is 5.76. The second-order valence-corrected chi connectivity index (χ2v) is 6.49. The van der Waals surface area contributed by atoms with Crippen LogP contribution in [-0.2, 0) is 11.2 Å². The van der Waals surface area contributed by atoms with Gasteiger partial charge in [0.25, 0.3) is 0 Å². The Labute approximate surface area is 133 Å². The molecule has 1 heterocycles. The fraction of sp³-hybridized carbons (Fsp3) is 0.611. The minimum Gasteiger partial charge on any atom is -0.491 e. The first-order chi connectivity index (χ1) is 10.6. The number of carbonyl (C=O) groups is 1. The van der Waals surface area contributed by atoms with Crippen LogP contribution < -0.4 is 10.5 Å². The summed E-state index contributed by atoms with van der Waals surface area (Å²) in [5.41, 5.74) is 7.81. The number of nitrogens with two attached hydrogens (primary N) is 1. The second kappa shape index (κ2) is 8.06. The molecule has 0 aromatic heterocycles. The van der Waals surface area contributed by atoms with Crippen molar-refractivity contribution in [1.82, 2.24) is 4.90 Å². The molecule has 2 N–H and O–H groups in total. The summed E-state index contributed by atoms with van der Waals surface area (Å²) in [6, 6.07) is 5.87. The summed E-state index contributed by atoms with van der Waals surface area (Å²) >= 11 is 0. The lowest BCUT2D eigenvalue weighted by Gasteiger charge is -2.15. The summed E-state index contributed by atoms with van der Waals surface area (Å²) in [7, 11) is 0. The number of hydrogen-bond donors (Lipinski definition) is 1. The molecule has 22 heavy (non-hydrogen) atoms. The maximum absolute atomic E-state index is 12.0. The number of ether oxygens (including phenoxy) is 1. The molecule has 1 saturated heterocycles. The first-order valence-corrected chi connectivity index (χ1v) is 8.35. The third-order valence-corrected chi connectivity index (χ3v) is 4.11. The molecule has 122 valence electrons. The monoisotopic (exact) mass is 304 g/mol. The van der Waals surface area contributed by atoms with E-state index in [-0.39, 0.29) is 5.91 Å². The van der Waals surface area contributed by atoms with Gasteiger partial charge in [-0.3, -0.25) is 4.79 Å². The van der Waals surface area contributed by atoms with Crippen LogP contribution in [0.4, 0.5) is 5.69 Å². The smallest absolute Gasteiger partial charge is 0.222 e. The Morgan fingerprint density at radius 3 is 2.68 bits per heavy atom. The maximum Gasteiger partial charge on any atom is 0.222 e.